The number of unbranched alkanes of at least 4 members (excludes halogenated alkanes) is 23. The van der Waals surface area contributed by atoms with Gasteiger partial charge < -0.3 is 25.6 Å². The molecule has 0 rings (SSSR count). The van der Waals surface area contributed by atoms with E-state index in [2.05, 4.69) is 48.8 Å². The summed E-state index contributed by atoms with van der Waals surface area (Å²) in [5, 5.41) is 22.6. The van der Waals surface area contributed by atoms with Crippen molar-refractivity contribution in [2.45, 2.75) is 231 Å². The van der Waals surface area contributed by atoms with Crippen molar-refractivity contribution in [2.75, 3.05) is 13.2 Å². The summed E-state index contributed by atoms with van der Waals surface area (Å²) >= 11 is 0. The monoisotopic (exact) mass is 777 g/mol. The van der Waals surface area contributed by atoms with E-state index in [0.717, 1.165) is 77.0 Å². The van der Waals surface area contributed by atoms with Crippen molar-refractivity contribution in [1.82, 2.24) is 10.6 Å². The summed E-state index contributed by atoms with van der Waals surface area (Å²) < 4.78 is 6.03. The van der Waals surface area contributed by atoms with Crippen molar-refractivity contribution in [3.8, 4) is 0 Å². The zero-order valence-electron chi connectivity index (χ0n) is 35.4. The summed E-state index contributed by atoms with van der Waals surface area (Å²) in [4.78, 5) is 47.6. The number of esters is 1. The minimum Gasteiger partial charge on any atom is -0.480 e. The van der Waals surface area contributed by atoms with Crippen LogP contribution in [0.2, 0.25) is 0 Å². The van der Waals surface area contributed by atoms with E-state index < -0.39 is 24.5 Å². The second-order valence-electron chi connectivity index (χ2n) is 15.5. The zero-order valence-corrected chi connectivity index (χ0v) is 35.4. The van der Waals surface area contributed by atoms with Crippen molar-refractivity contribution >= 4 is 23.8 Å². The van der Waals surface area contributed by atoms with Crippen molar-refractivity contribution in [3.05, 3.63) is 24.3 Å². The average Bonchev–Trinajstić information content (AvgIpc) is 3.17. The molecular weight excluding hydrogens is 693 g/mol. The number of nitrogens with one attached hydrogen (secondary N) is 2. The van der Waals surface area contributed by atoms with Gasteiger partial charge in [-0.15, -0.1) is 0 Å². The minimum absolute atomic E-state index is 0.0166. The lowest BCUT2D eigenvalue weighted by Crippen LogP contribution is -2.47. The van der Waals surface area contributed by atoms with Crippen LogP contribution in [-0.4, -0.2) is 59.3 Å². The van der Waals surface area contributed by atoms with Gasteiger partial charge in [0.1, 0.15) is 12.1 Å². The normalized spacial score (nSPS) is 12.6. The summed E-state index contributed by atoms with van der Waals surface area (Å²) in [6, 6.07) is -1.38. The lowest BCUT2D eigenvalue weighted by Gasteiger charge is -2.18. The lowest BCUT2D eigenvalue weighted by molar-refractivity contribution is -0.150. The standard InChI is InChI=1S/C46H84N2O7/c1-3-5-7-9-11-13-15-17-18-19-21-23-25-30-34-38-45(52)55-41(35-31-27-24-22-20-16-14-12-10-8-6-4-2)36-32-28-26-29-33-37-43(50)47-39-44(51)48-42(40-49)46(53)54/h11,13,17-18,41-42,49H,3-10,12,14-16,19-40H2,1-2H3,(H,47,50)(H,48,51)(H,53,54)/b13-11-,18-17-. The molecule has 0 heterocycles. The predicted molar refractivity (Wildman–Crippen MR) is 227 cm³/mol. The molecule has 0 bridgehead atoms. The lowest BCUT2D eigenvalue weighted by atomic mass is 10.0. The number of carbonyl (C=O) groups is 4. The number of aliphatic hydroxyl groups is 1. The third-order valence-electron chi connectivity index (χ3n) is 10.2. The molecule has 0 fully saturated rings. The molecule has 320 valence electrons. The van der Waals surface area contributed by atoms with E-state index in [1.165, 1.54) is 109 Å². The van der Waals surface area contributed by atoms with Gasteiger partial charge in [-0.25, -0.2) is 4.79 Å². The molecule has 0 aromatic heterocycles. The number of aliphatic carboxylic acids is 1. The van der Waals surface area contributed by atoms with E-state index in [-0.39, 0.29) is 24.5 Å². The molecule has 2 atom stereocenters. The smallest absolute Gasteiger partial charge is 0.328 e. The first-order valence-corrected chi connectivity index (χ1v) is 22.7. The van der Waals surface area contributed by atoms with Crippen LogP contribution in [0, 0.1) is 0 Å². The van der Waals surface area contributed by atoms with Crippen LogP contribution in [0.15, 0.2) is 24.3 Å². The van der Waals surface area contributed by atoms with Gasteiger partial charge in [0.25, 0.3) is 0 Å². The van der Waals surface area contributed by atoms with Crippen LogP contribution in [0.1, 0.15) is 219 Å². The van der Waals surface area contributed by atoms with Gasteiger partial charge in [0, 0.05) is 12.8 Å². The minimum atomic E-state index is -1.38. The molecule has 2 unspecified atom stereocenters. The van der Waals surface area contributed by atoms with Gasteiger partial charge in [0.05, 0.1) is 13.2 Å². The highest BCUT2D eigenvalue weighted by atomic mass is 16.5. The van der Waals surface area contributed by atoms with Crippen LogP contribution >= 0.6 is 0 Å². The number of hydrogen-bond acceptors (Lipinski definition) is 6. The van der Waals surface area contributed by atoms with Gasteiger partial charge in [0.15, 0.2) is 0 Å². The van der Waals surface area contributed by atoms with E-state index in [4.69, 9.17) is 14.9 Å². The van der Waals surface area contributed by atoms with Crippen molar-refractivity contribution in [1.29, 1.82) is 0 Å². The highest BCUT2D eigenvalue weighted by Crippen LogP contribution is 2.19. The van der Waals surface area contributed by atoms with Crippen LogP contribution in [0.4, 0.5) is 0 Å². The first kappa shape index (κ1) is 52.3. The number of aliphatic hydroxyl groups excluding tert-OH is 1. The first-order valence-electron chi connectivity index (χ1n) is 22.7. The predicted octanol–water partition coefficient (Wildman–Crippen LogP) is 11.2. The maximum Gasteiger partial charge on any atom is 0.328 e. The summed E-state index contributed by atoms with van der Waals surface area (Å²) in [5.74, 6) is -2.29. The average molecular weight is 777 g/mol. The van der Waals surface area contributed by atoms with Crippen LogP contribution in [0.3, 0.4) is 0 Å². The van der Waals surface area contributed by atoms with E-state index in [9.17, 15) is 19.2 Å². The maximum atomic E-state index is 12.8. The zero-order chi connectivity index (χ0) is 40.5. The molecule has 0 saturated heterocycles. The summed E-state index contributed by atoms with van der Waals surface area (Å²) in [6.07, 6.45) is 44.8. The fourth-order valence-corrected chi connectivity index (χ4v) is 6.69. The topological polar surface area (TPSA) is 142 Å². The largest absolute Gasteiger partial charge is 0.480 e. The molecule has 55 heavy (non-hydrogen) atoms. The van der Waals surface area contributed by atoms with Crippen LogP contribution in [0.25, 0.3) is 0 Å². The molecule has 0 radical (unpaired) electrons. The van der Waals surface area contributed by atoms with Crippen LogP contribution < -0.4 is 10.6 Å². The number of rotatable bonds is 41. The van der Waals surface area contributed by atoms with Crippen molar-refractivity contribution in [3.63, 3.8) is 0 Å². The Labute approximate surface area is 336 Å². The second kappa shape index (κ2) is 41.0. The quantitative estimate of drug-likeness (QED) is 0.0275. The molecule has 2 amide bonds. The van der Waals surface area contributed by atoms with E-state index in [0.29, 0.717) is 19.3 Å². The number of ether oxygens (including phenoxy) is 1. The molecule has 0 saturated carbocycles. The van der Waals surface area contributed by atoms with Crippen LogP contribution in [-0.2, 0) is 23.9 Å². The molecule has 9 heteroatoms. The molecular formula is C46H84N2O7. The van der Waals surface area contributed by atoms with Gasteiger partial charge >= 0.3 is 11.9 Å². The van der Waals surface area contributed by atoms with Gasteiger partial charge in [0.2, 0.25) is 11.8 Å². The maximum absolute atomic E-state index is 12.8. The van der Waals surface area contributed by atoms with Crippen molar-refractivity contribution < 1.29 is 34.1 Å². The molecule has 9 nitrogen and oxygen atoms in total. The van der Waals surface area contributed by atoms with Gasteiger partial charge in [-0.1, -0.05) is 160 Å². The number of amides is 2. The number of carbonyl (C=O) groups excluding carboxylic acids is 3. The Morgan fingerprint density at radius 3 is 1.49 bits per heavy atom. The highest BCUT2D eigenvalue weighted by Gasteiger charge is 2.19. The molecule has 4 N–H and O–H groups in total. The summed E-state index contributed by atoms with van der Waals surface area (Å²) in [7, 11) is 0. The Balaban J connectivity index is 4.32. The number of allylic oxidation sites excluding steroid dienone is 4. The third kappa shape index (κ3) is 38.0. The Morgan fingerprint density at radius 1 is 0.545 bits per heavy atom. The second-order valence-corrected chi connectivity index (χ2v) is 15.5. The van der Waals surface area contributed by atoms with E-state index in [1.807, 2.05) is 0 Å². The molecule has 0 aliphatic carbocycles. The summed E-state index contributed by atoms with van der Waals surface area (Å²) in [6.45, 7) is 3.47. The SMILES string of the molecule is CCCCC/C=C\C/C=C\CCCCCCCC(=O)OC(CCCCCCCCCCCCCC)CCCCCCCC(=O)NCC(=O)NC(CO)C(=O)O. The molecule has 0 aromatic carbocycles. The Bertz CT molecular complexity index is 983. The third-order valence-corrected chi connectivity index (χ3v) is 10.2. The molecule has 0 spiro atoms. The fraction of sp³-hybridized carbons (Fsp3) is 0.826. The van der Waals surface area contributed by atoms with Crippen molar-refractivity contribution in [2.24, 2.45) is 0 Å². The summed E-state index contributed by atoms with van der Waals surface area (Å²) in [5.41, 5.74) is 0. The fourth-order valence-electron chi connectivity index (χ4n) is 6.69. The molecule has 0 aliphatic heterocycles. The Hall–Kier alpha value is -2.68. The molecule has 0 aliphatic rings. The van der Waals surface area contributed by atoms with E-state index in [1.54, 1.807) is 0 Å². The van der Waals surface area contributed by atoms with Gasteiger partial charge in [-0.2, -0.15) is 0 Å². The Morgan fingerprint density at radius 2 is 0.982 bits per heavy atom. The molecule has 0 aromatic rings. The Kier molecular flexibility index (Phi) is 39.0. The number of carboxylic acid groups (broad SMARTS) is 1. The van der Waals surface area contributed by atoms with Gasteiger partial charge in [-0.3, -0.25) is 14.4 Å². The van der Waals surface area contributed by atoms with E-state index >= 15 is 0 Å². The first-order chi connectivity index (χ1) is 26.8. The number of carboxylic acids is 1. The van der Waals surface area contributed by atoms with Crippen LogP contribution in [0.5, 0.6) is 0 Å². The van der Waals surface area contributed by atoms with Gasteiger partial charge in [-0.05, 0) is 70.6 Å². The number of hydrogen-bond donors (Lipinski definition) is 4. The highest BCUT2D eigenvalue weighted by molar-refractivity contribution is 5.87.